The van der Waals surface area contributed by atoms with Crippen LogP contribution in [0, 0.1) is 5.41 Å². The maximum atomic E-state index is 12.7. The minimum Gasteiger partial charge on any atom is -0.355 e. The van der Waals surface area contributed by atoms with E-state index in [-0.39, 0.29) is 35.3 Å². The molecule has 1 aliphatic rings. The van der Waals surface area contributed by atoms with Gasteiger partial charge in [-0.25, -0.2) is 0 Å². The maximum Gasteiger partial charge on any atom is 0.230 e. The van der Waals surface area contributed by atoms with Crippen molar-refractivity contribution in [3.63, 3.8) is 0 Å². The molecular weight excluding hydrogens is 447 g/mol. The Morgan fingerprint density at radius 1 is 1.32 bits per heavy atom. The first-order valence-electron chi connectivity index (χ1n) is 8.64. The summed E-state index contributed by atoms with van der Waals surface area (Å²) in [5.74, 6) is 1.11. The van der Waals surface area contributed by atoms with Gasteiger partial charge in [0.25, 0.3) is 0 Å². The van der Waals surface area contributed by atoms with Gasteiger partial charge in [-0.15, -0.1) is 35.3 Å². The van der Waals surface area contributed by atoms with Gasteiger partial charge in [-0.3, -0.25) is 9.79 Å². The van der Waals surface area contributed by atoms with Crippen LogP contribution >= 0.6 is 35.3 Å². The number of hydrogen-bond donors (Lipinski definition) is 1. The maximum absolute atomic E-state index is 12.7. The number of likely N-dealkylation sites (N-methyl/N-ethyl adjacent to an activating group) is 1. The van der Waals surface area contributed by atoms with Crippen LogP contribution in [0.4, 0.5) is 0 Å². The lowest BCUT2D eigenvalue weighted by Gasteiger charge is -2.32. The summed E-state index contributed by atoms with van der Waals surface area (Å²) < 4.78 is 0. The van der Waals surface area contributed by atoms with Gasteiger partial charge >= 0.3 is 0 Å². The summed E-state index contributed by atoms with van der Waals surface area (Å²) in [5.41, 5.74) is -0.270. The number of aliphatic imine (C=N–C) groups is 1. The number of guanidine groups is 1. The number of nitrogens with zero attached hydrogens (tertiary/aromatic N) is 3. The zero-order chi connectivity index (χ0) is 17.6. The predicted octanol–water partition coefficient (Wildman–Crippen LogP) is 3.06. The minimum absolute atomic E-state index is 0. The van der Waals surface area contributed by atoms with Gasteiger partial charge in [0.1, 0.15) is 0 Å². The summed E-state index contributed by atoms with van der Waals surface area (Å²) in [5, 5.41) is 5.56. The fraction of sp³-hybridized carbons (Fsp3) is 0.667. The van der Waals surface area contributed by atoms with E-state index in [2.05, 4.69) is 39.8 Å². The van der Waals surface area contributed by atoms with E-state index in [1.807, 2.05) is 14.1 Å². The van der Waals surface area contributed by atoms with Crippen LogP contribution in [0.25, 0.3) is 0 Å². The normalized spacial score (nSPS) is 16.2. The number of thiophene rings is 1. The first kappa shape index (κ1) is 22.2. The standard InChI is InChI=1S/C18H30N4OS.HI/c1-19-17(22(4)12-9-15-8-7-13-24-15)20-14-18(10-5-6-11-18)16(23)21(2)3;/h7-8,13H,5-6,9-12,14H2,1-4H3,(H,19,20);1H. The van der Waals surface area contributed by atoms with Crippen LogP contribution < -0.4 is 5.32 Å². The Morgan fingerprint density at radius 3 is 2.52 bits per heavy atom. The molecule has 1 aromatic rings. The Kier molecular flexibility index (Phi) is 9.20. The van der Waals surface area contributed by atoms with E-state index < -0.39 is 0 Å². The minimum atomic E-state index is -0.270. The second-order valence-corrected chi connectivity index (χ2v) is 7.87. The molecule has 142 valence electrons. The molecule has 25 heavy (non-hydrogen) atoms. The van der Waals surface area contributed by atoms with Gasteiger partial charge < -0.3 is 15.1 Å². The second-order valence-electron chi connectivity index (χ2n) is 6.84. The third kappa shape index (κ3) is 5.84. The number of rotatable bonds is 6. The lowest BCUT2D eigenvalue weighted by atomic mass is 9.84. The van der Waals surface area contributed by atoms with Crippen LogP contribution in [-0.4, -0.2) is 62.9 Å². The Morgan fingerprint density at radius 2 is 2.00 bits per heavy atom. The second kappa shape index (κ2) is 10.4. The van der Waals surface area contributed by atoms with Crippen molar-refractivity contribution < 1.29 is 4.79 Å². The highest BCUT2D eigenvalue weighted by molar-refractivity contribution is 14.0. The Labute approximate surface area is 172 Å². The molecular formula is C18H31IN4OS. The van der Waals surface area contributed by atoms with Crippen molar-refractivity contribution in [2.24, 2.45) is 10.4 Å². The van der Waals surface area contributed by atoms with Gasteiger partial charge in [0.2, 0.25) is 5.91 Å². The zero-order valence-electron chi connectivity index (χ0n) is 15.7. The fourth-order valence-corrected chi connectivity index (χ4v) is 4.16. The van der Waals surface area contributed by atoms with Crippen LogP contribution in [0.15, 0.2) is 22.5 Å². The highest BCUT2D eigenvalue weighted by atomic mass is 127. The largest absolute Gasteiger partial charge is 0.355 e. The molecule has 0 spiro atoms. The molecule has 0 aromatic carbocycles. The van der Waals surface area contributed by atoms with Crippen molar-refractivity contribution in [2.45, 2.75) is 32.1 Å². The summed E-state index contributed by atoms with van der Waals surface area (Å²) in [7, 11) is 7.56. The van der Waals surface area contributed by atoms with E-state index in [0.29, 0.717) is 6.54 Å². The van der Waals surface area contributed by atoms with Gasteiger partial charge in [0.05, 0.1) is 5.41 Å². The average molecular weight is 478 g/mol. The number of hydrogen-bond acceptors (Lipinski definition) is 3. The smallest absolute Gasteiger partial charge is 0.230 e. The molecule has 1 heterocycles. The third-order valence-corrected chi connectivity index (χ3v) is 5.79. The van der Waals surface area contributed by atoms with Crippen molar-refractivity contribution in [1.29, 1.82) is 0 Å². The SMILES string of the molecule is CN=C(NCC1(C(=O)N(C)C)CCCC1)N(C)CCc1cccs1.I. The molecule has 0 atom stereocenters. The molecule has 5 nitrogen and oxygen atoms in total. The molecule has 1 aromatic heterocycles. The van der Waals surface area contributed by atoms with E-state index in [4.69, 9.17) is 0 Å². The average Bonchev–Trinajstić information content (AvgIpc) is 3.25. The quantitative estimate of drug-likeness (QED) is 0.389. The molecule has 1 aliphatic carbocycles. The van der Waals surface area contributed by atoms with Gasteiger partial charge in [-0.1, -0.05) is 18.9 Å². The van der Waals surface area contributed by atoms with Crippen LogP contribution in [0.1, 0.15) is 30.6 Å². The van der Waals surface area contributed by atoms with Crippen LogP contribution in [-0.2, 0) is 11.2 Å². The number of amides is 1. The lowest BCUT2D eigenvalue weighted by molar-refractivity contribution is -0.138. The van der Waals surface area contributed by atoms with E-state index in [0.717, 1.165) is 44.6 Å². The van der Waals surface area contributed by atoms with Crippen molar-refractivity contribution in [3.05, 3.63) is 22.4 Å². The van der Waals surface area contributed by atoms with E-state index in [9.17, 15) is 4.79 Å². The summed E-state index contributed by atoms with van der Waals surface area (Å²) in [6.07, 6.45) is 5.21. The molecule has 7 heteroatoms. The molecule has 1 N–H and O–H groups in total. The highest BCUT2D eigenvalue weighted by Gasteiger charge is 2.42. The molecule has 1 saturated carbocycles. The number of halogens is 1. The molecule has 1 fully saturated rings. The Hall–Kier alpha value is -0.830. The first-order chi connectivity index (χ1) is 11.5. The van der Waals surface area contributed by atoms with Crippen LogP contribution in [0.3, 0.4) is 0 Å². The summed E-state index contributed by atoms with van der Waals surface area (Å²) in [6.45, 7) is 1.58. The predicted molar refractivity (Wildman–Crippen MR) is 117 cm³/mol. The molecule has 0 bridgehead atoms. The highest BCUT2D eigenvalue weighted by Crippen LogP contribution is 2.38. The Bertz CT molecular complexity index is 553. The molecule has 1 amide bonds. The van der Waals surface area contributed by atoms with Crippen molar-refractivity contribution in [3.8, 4) is 0 Å². The molecule has 0 aliphatic heterocycles. The van der Waals surface area contributed by atoms with Gasteiger partial charge in [0.15, 0.2) is 5.96 Å². The zero-order valence-corrected chi connectivity index (χ0v) is 18.9. The summed E-state index contributed by atoms with van der Waals surface area (Å²) in [4.78, 5) is 22.3. The van der Waals surface area contributed by atoms with E-state index >= 15 is 0 Å². The summed E-state index contributed by atoms with van der Waals surface area (Å²) >= 11 is 1.79. The van der Waals surface area contributed by atoms with Crippen molar-refractivity contribution >= 4 is 47.2 Å². The molecule has 2 rings (SSSR count). The van der Waals surface area contributed by atoms with E-state index in [1.54, 1.807) is 23.3 Å². The lowest BCUT2D eigenvalue weighted by Crippen LogP contribution is -2.49. The Balaban J connectivity index is 0.00000312. The van der Waals surface area contributed by atoms with Crippen LogP contribution in [0.2, 0.25) is 0 Å². The number of nitrogens with one attached hydrogen (secondary N) is 1. The van der Waals surface area contributed by atoms with Gasteiger partial charge in [-0.05, 0) is 30.7 Å². The first-order valence-corrected chi connectivity index (χ1v) is 9.52. The number of carbonyl (C=O) groups is 1. The summed E-state index contributed by atoms with van der Waals surface area (Å²) in [6, 6.07) is 4.25. The van der Waals surface area contributed by atoms with Crippen molar-refractivity contribution in [1.82, 2.24) is 15.1 Å². The molecule has 0 radical (unpaired) electrons. The van der Waals surface area contributed by atoms with E-state index in [1.165, 1.54) is 4.88 Å². The molecule has 0 unspecified atom stereocenters. The third-order valence-electron chi connectivity index (χ3n) is 4.85. The van der Waals surface area contributed by atoms with Crippen molar-refractivity contribution in [2.75, 3.05) is 41.3 Å². The van der Waals surface area contributed by atoms with Crippen LogP contribution in [0.5, 0.6) is 0 Å². The fourth-order valence-electron chi connectivity index (χ4n) is 3.46. The van der Waals surface area contributed by atoms with Gasteiger partial charge in [-0.2, -0.15) is 0 Å². The number of carbonyl (C=O) groups excluding carboxylic acids is 1. The monoisotopic (exact) mass is 478 g/mol. The van der Waals surface area contributed by atoms with Gasteiger partial charge in [0, 0.05) is 46.2 Å². The topological polar surface area (TPSA) is 47.9 Å². The molecule has 0 saturated heterocycles.